The third-order valence-corrected chi connectivity index (χ3v) is 3.08. The molecule has 1 saturated heterocycles. The van der Waals surface area contributed by atoms with Gasteiger partial charge in [0, 0.05) is 26.2 Å². The summed E-state index contributed by atoms with van der Waals surface area (Å²) in [4.78, 5) is 17.2. The lowest BCUT2D eigenvalue weighted by Gasteiger charge is -2.28. The Hall–Kier alpha value is -1.63. The molecule has 0 saturated carbocycles. The van der Waals surface area contributed by atoms with Gasteiger partial charge < -0.3 is 20.3 Å². The second-order valence-corrected chi connectivity index (χ2v) is 4.47. The fourth-order valence-electron chi connectivity index (χ4n) is 2.09. The molecule has 0 spiro atoms. The standard InChI is InChI=1S/C12H22N6O/c1-3-5-17(4-2)11-14-10(13)15-12(16-11)18-6-8-19-9-7-18/h3-9H2,1-2H3,(H2,13,14,15,16). The quantitative estimate of drug-likeness (QED) is 0.832. The molecule has 2 rings (SSSR count). The molecular formula is C12H22N6O. The first-order valence-corrected chi connectivity index (χ1v) is 6.83. The minimum Gasteiger partial charge on any atom is -0.378 e. The van der Waals surface area contributed by atoms with E-state index in [2.05, 4.69) is 38.6 Å². The number of hydrogen-bond acceptors (Lipinski definition) is 7. The number of ether oxygens (including phenoxy) is 1. The van der Waals surface area contributed by atoms with Crippen molar-refractivity contribution in [2.24, 2.45) is 0 Å². The summed E-state index contributed by atoms with van der Waals surface area (Å²) in [5.41, 5.74) is 5.81. The average Bonchev–Trinajstić information content (AvgIpc) is 2.45. The molecule has 2 N–H and O–H groups in total. The lowest BCUT2D eigenvalue weighted by molar-refractivity contribution is 0.122. The van der Waals surface area contributed by atoms with Crippen molar-refractivity contribution in [3.63, 3.8) is 0 Å². The molecule has 0 radical (unpaired) electrons. The molecule has 19 heavy (non-hydrogen) atoms. The molecule has 1 aliphatic heterocycles. The van der Waals surface area contributed by atoms with Crippen molar-refractivity contribution in [1.29, 1.82) is 0 Å². The van der Waals surface area contributed by atoms with Gasteiger partial charge in [-0.2, -0.15) is 15.0 Å². The fourth-order valence-corrected chi connectivity index (χ4v) is 2.09. The summed E-state index contributed by atoms with van der Waals surface area (Å²) in [6, 6.07) is 0. The van der Waals surface area contributed by atoms with E-state index in [1.54, 1.807) is 0 Å². The van der Waals surface area contributed by atoms with Crippen LogP contribution in [0.3, 0.4) is 0 Å². The SMILES string of the molecule is CCCN(CC)c1nc(N)nc(N2CCOCC2)n1. The normalized spacial score (nSPS) is 15.6. The molecule has 0 amide bonds. The predicted octanol–water partition coefficient (Wildman–Crippen LogP) is 0.527. The van der Waals surface area contributed by atoms with Crippen LogP contribution < -0.4 is 15.5 Å². The van der Waals surface area contributed by atoms with Crippen LogP contribution in [0.25, 0.3) is 0 Å². The lowest BCUT2D eigenvalue weighted by Crippen LogP contribution is -2.38. The summed E-state index contributed by atoms with van der Waals surface area (Å²) in [5, 5.41) is 0. The highest BCUT2D eigenvalue weighted by molar-refractivity contribution is 5.43. The number of morpholine rings is 1. The monoisotopic (exact) mass is 266 g/mol. The number of aromatic nitrogens is 3. The van der Waals surface area contributed by atoms with Crippen molar-refractivity contribution < 1.29 is 4.74 Å². The highest BCUT2D eigenvalue weighted by Gasteiger charge is 2.17. The molecule has 7 nitrogen and oxygen atoms in total. The lowest BCUT2D eigenvalue weighted by atomic mass is 10.4. The molecule has 7 heteroatoms. The second kappa shape index (κ2) is 6.51. The van der Waals surface area contributed by atoms with E-state index in [9.17, 15) is 0 Å². The molecular weight excluding hydrogens is 244 g/mol. The average molecular weight is 266 g/mol. The maximum absolute atomic E-state index is 5.81. The minimum atomic E-state index is 0.279. The van der Waals surface area contributed by atoms with Crippen LogP contribution in [0, 0.1) is 0 Å². The van der Waals surface area contributed by atoms with Gasteiger partial charge in [-0.1, -0.05) is 6.92 Å². The summed E-state index contributed by atoms with van der Waals surface area (Å²) >= 11 is 0. The molecule has 1 aromatic heterocycles. The summed E-state index contributed by atoms with van der Waals surface area (Å²) < 4.78 is 5.33. The van der Waals surface area contributed by atoms with E-state index in [4.69, 9.17) is 10.5 Å². The first-order valence-electron chi connectivity index (χ1n) is 6.83. The van der Waals surface area contributed by atoms with Crippen LogP contribution in [0.15, 0.2) is 0 Å². The van der Waals surface area contributed by atoms with Gasteiger partial charge in [-0.05, 0) is 13.3 Å². The van der Waals surface area contributed by atoms with Crippen LogP contribution in [0.4, 0.5) is 17.8 Å². The molecule has 0 atom stereocenters. The van der Waals surface area contributed by atoms with Crippen LogP contribution in [-0.4, -0.2) is 54.3 Å². The van der Waals surface area contributed by atoms with Gasteiger partial charge in [0.05, 0.1) is 13.2 Å². The van der Waals surface area contributed by atoms with Crippen molar-refractivity contribution in [1.82, 2.24) is 15.0 Å². The number of nitrogens with zero attached hydrogens (tertiary/aromatic N) is 5. The molecule has 0 bridgehead atoms. The molecule has 1 aromatic rings. The number of anilines is 3. The molecule has 0 aliphatic carbocycles. The van der Waals surface area contributed by atoms with E-state index >= 15 is 0 Å². The van der Waals surface area contributed by atoms with Gasteiger partial charge in [-0.15, -0.1) is 0 Å². The third kappa shape index (κ3) is 3.44. The Balaban J connectivity index is 2.22. The van der Waals surface area contributed by atoms with E-state index < -0.39 is 0 Å². The summed E-state index contributed by atoms with van der Waals surface area (Å²) in [5.74, 6) is 1.60. The van der Waals surface area contributed by atoms with E-state index in [0.717, 1.165) is 32.6 Å². The zero-order valence-electron chi connectivity index (χ0n) is 11.7. The number of nitrogens with two attached hydrogens (primary N) is 1. The zero-order chi connectivity index (χ0) is 13.7. The largest absolute Gasteiger partial charge is 0.378 e. The van der Waals surface area contributed by atoms with Crippen molar-refractivity contribution in [2.75, 3.05) is 54.9 Å². The van der Waals surface area contributed by atoms with Gasteiger partial charge in [-0.3, -0.25) is 0 Å². The molecule has 0 aromatic carbocycles. The van der Waals surface area contributed by atoms with Crippen LogP contribution in [0.5, 0.6) is 0 Å². The molecule has 0 unspecified atom stereocenters. The summed E-state index contributed by atoms with van der Waals surface area (Å²) in [7, 11) is 0. The van der Waals surface area contributed by atoms with E-state index in [-0.39, 0.29) is 5.95 Å². The Kier molecular flexibility index (Phi) is 4.73. The van der Waals surface area contributed by atoms with Crippen molar-refractivity contribution >= 4 is 17.8 Å². The fraction of sp³-hybridized carbons (Fsp3) is 0.750. The Morgan fingerprint density at radius 2 is 1.95 bits per heavy atom. The molecule has 1 fully saturated rings. The number of hydrogen-bond donors (Lipinski definition) is 1. The minimum absolute atomic E-state index is 0.279. The first kappa shape index (κ1) is 13.8. The highest BCUT2D eigenvalue weighted by Crippen LogP contribution is 2.16. The zero-order valence-corrected chi connectivity index (χ0v) is 11.7. The second-order valence-electron chi connectivity index (χ2n) is 4.47. The van der Waals surface area contributed by atoms with Crippen LogP contribution in [-0.2, 0) is 4.74 Å². The van der Waals surface area contributed by atoms with Crippen molar-refractivity contribution in [3.8, 4) is 0 Å². The van der Waals surface area contributed by atoms with Crippen molar-refractivity contribution in [2.45, 2.75) is 20.3 Å². The molecule has 1 aliphatic rings. The van der Waals surface area contributed by atoms with Gasteiger partial charge >= 0.3 is 0 Å². The van der Waals surface area contributed by atoms with Gasteiger partial charge in [0.25, 0.3) is 0 Å². The van der Waals surface area contributed by atoms with E-state index in [0.29, 0.717) is 25.1 Å². The first-order chi connectivity index (χ1) is 9.24. The van der Waals surface area contributed by atoms with Crippen LogP contribution in [0.1, 0.15) is 20.3 Å². The third-order valence-electron chi connectivity index (χ3n) is 3.08. The molecule has 106 valence electrons. The Morgan fingerprint density at radius 3 is 2.58 bits per heavy atom. The number of nitrogen functional groups attached to an aromatic ring is 1. The highest BCUT2D eigenvalue weighted by atomic mass is 16.5. The van der Waals surface area contributed by atoms with Gasteiger partial charge in [0.15, 0.2) is 0 Å². The number of rotatable bonds is 5. The van der Waals surface area contributed by atoms with Crippen LogP contribution in [0.2, 0.25) is 0 Å². The Bertz CT molecular complexity index is 384. The smallest absolute Gasteiger partial charge is 0.232 e. The Labute approximate surface area is 113 Å². The van der Waals surface area contributed by atoms with E-state index in [1.807, 2.05) is 0 Å². The maximum Gasteiger partial charge on any atom is 0.232 e. The Morgan fingerprint density at radius 1 is 1.21 bits per heavy atom. The maximum atomic E-state index is 5.81. The molecule has 2 heterocycles. The van der Waals surface area contributed by atoms with Gasteiger partial charge in [0.1, 0.15) is 0 Å². The summed E-state index contributed by atoms with van der Waals surface area (Å²) in [6.45, 7) is 8.99. The van der Waals surface area contributed by atoms with Gasteiger partial charge in [-0.25, -0.2) is 0 Å². The topological polar surface area (TPSA) is 80.4 Å². The van der Waals surface area contributed by atoms with E-state index in [1.165, 1.54) is 0 Å². The summed E-state index contributed by atoms with van der Waals surface area (Å²) in [6.07, 6.45) is 1.05. The van der Waals surface area contributed by atoms with Crippen LogP contribution >= 0.6 is 0 Å². The predicted molar refractivity (Wildman–Crippen MR) is 75.4 cm³/mol. The van der Waals surface area contributed by atoms with Crippen molar-refractivity contribution in [3.05, 3.63) is 0 Å². The van der Waals surface area contributed by atoms with Gasteiger partial charge in [0.2, 0.25) is 17.8 Å².